The molecule has 1 saturated heterocycles. The number of hydrogen-bond donors (Lipinski definition) is 2. The molecule has 1 fully saturated rings. The lowest BCUT2D eigenvalue weighted by atomic mass is 10.1. The maximum Gasteiger partial charge on any atom is 0.220 e. The summed E-state index contributed by atoms with van der Waals surface area (Å²) < 4.78 is 0. The molecular formula is C13H27N3O. The third-order valence-corrected chi connectivity index (χ3v) is 3.21. The topological polar surface area (TPSA) is 58.4 Å². The van der Waals surface area contributed by atoms with Gasteiger partial charge in [-0.05, 0) is 46.2 Å². The molecule has 2 unspecified atom stereocenters. The maximum atomic E-state index is 11.6. The summed E-state index contributed by atoms with van der Waals surface area (Å²) in [5.74, 6) is 0.131. The predicted molar refractivity (Wildman–Crippen MR) is 70.8 cm³/mol. The van der Waals surface area contributed by atoms with Gasteiger partial charge in [-0.15, -0.1) is 0 Å². The second kappa shape index (κ2) is 7.67. The number of carbonyl (C=O) groups excluding carboxylic acids is 1. The van der Waals surface area contributed by atoms with Crippen molar-refractivity contribution in [1.29, 1.82) is 0 Å². The van der Waals surface area contributed by atoms with Gasteiger partial charge in [-0.3, -0.25) is 4.79 Å². The predicted octanol–water partition coefficient (Wildman–Crippen LogP) is 1.10. The molecule has 100 valence electrons. The normalized spacial score (nSPS) is 20.9. The fourth-order valence-electron chi connectivity index (χ4n) is 2.28. The number of carbonyl (C=O) groups is 1. The van der Waals surface area contributed by atoms with Crippen LogP contribution in [0.25, 0.3) is 0 Å². The molecule has 3 N–H and O–H groups in total. The summed E-state index contributed by atoms with van der Waals surface area (Å²) in [5, 5.41) is 3.05. The van der Waals surface area contributed by atoms with Gasteiger partial charge in [0.15, 0.2) is 0 Å². The fourth-order valence-corrected chi connectivity index (χ4v) is 2.28. The van der Waals surface area contributed by atoms with Crippen LogP contribution in [0.15, 0.2) is 0 Å². The molecule has 1 rings (SSSR count). The molecule has 0 bridgehead atoms. The number of likely N-dealkylation sites (tertiary alicyclic amines) is 1. The summed E-state index contributed by atoms with van der Waals surface area (Å²) >= 11 is 0. The van der Waals surface area contributed by atoms with Crippen molar-refractivity contribution in [3.05, 3.63) is 0 Å². The largest absolute Gasteiger partial charge is 0.352 e. The molecule has 0 aromatic heterocycles. The van der Waals surface area contributed by atoms with Gasteiger partial charge in [0.1, 0.15) is 0 Å². The maximum absolute atomic E-state index is 11.6. The number of piperidine rings is 1. The Morgan fingerprint density at radius 2 is 1.94 bits per heavy atom. The van der Waals surface area contributed by atoms with Gasteiger partial charge in [0.25, 0.3) is 0 Å². The van der Waals surface area contributed by atoms with Crippen LogP contribution in [0.5, 0.6) is 0 Å². The van der Waals surface area contributed by atoms with Crippen LogP contribution in [-0.2, 0) is 4.79 Å². The van der Waals surface area contributed by atoms with Crippen LogP contribution in [-0.4, -0.2) is 42.5 Å². The third kappa shape index (κ3) is 6.64. The molecule has 17 heavy (non-hydrogen) atoms. The highest BCUT2D eigenvalue weighted by Crippen LogP contribution is 2.08. The molecule has 1 aliphatic heterocycles. The molecule has 0 aliphatic carbocycles. The molecule has 0 aromatic rings. The van der Waals surface area contributed by atoms with Gasteiger partial charge in [0, 0.05) is 25.0 Å². The Labute approximate surface area is 105 Å². The van der Waals surface area contributed by atoms with E-state index in [9.17, 15) is 4.79 Å². The monoisotopic (exact) mass is 241 g/mol. The zero-order chi connectivity index (χ0) is 12.7. The van der Waals surface area contributed by atoms with Crippen LogP contribution in [0, 0.1) is 0 Å². The summed E-state index contributed by atoms with van der Waals surface area (Å²) in [6.45, 7) is 7.35. The van der Waals surface area contributed by atoms with E-state index in [-0.39, 0.29) is 18.0 Å². The summed E-state index contributed by atoms with van der Waals surface area (Å²) in [6.07, 6.45) is 5.26. The van der Waals surface area contributed by atoms with Gasteiger partial charge in [0.2, 0.25) is 5.91 Å². The highest BCUT2D eigenvalue weighted by molar-refractivity contribution is 5.76. The molecule has 0 aromatic carbocycles. The first-order chi connectivity index (χ1) is 8.08. The van der Waals surface area contributed by atoms with Gasteiger partial charge < -0.3 is 16.0 Å². The first-order valence-corrected chi connectivity index (χ1v) is 6.85. The summed E-state index contributed by atoms with van der Waals surface area (Å²) in [6, 6.07) is 0.354. The van der Waals surface area contributed by atoms with E-state index in [4.69, 9.17) is 5.73 Å². The first kappa shape index (κ1) is 14.5. The van der Waals surface area contributed by atoms with Gasteiger partial charge in [0.05, 0.1) is 0 Å². The molecule has 4 heteroatoms. The van der Waals surface area contributed by atoms with Crippen LogP contribution < -0.4 is 11.1 Å². The second-order valence-electron chi connectivity index (χ2n) is 5.35. The van der Waals surface area contributed by atoms with Crippen molar-refractivity contribution in [3.8, 4) is 0 Å². The smallest absolute Gasteiger partial charge is 0.220 e. The number of nitrogens with zero attached hydrogens (tertiary/aromatic N) is 1. The van der Waals surface area contributed by atoms with E-state index in [1.54, 1.807) is 0 Å². The van der Waals surface area contributed by atoms with E-state index in [2.05, 4.69) is 17.1 Å². The van der Waals surface area contributed by atoms with Crippen LogP contribution in [0.1, 0.15) is 46.0 Å². The van der Waals surface area contributed by atoms with E-state index in [1.807, 2.05) is 6.92 Å². The number of nitrogens with two attached hydrogens (primary N) is 1. The summed E-state index contributed by atoms with van der Waals surface area (Å²) in [4.78, 5) is 14.1. The van der Waals surface area contributed by atoms with E-state index in [0.29, 0.717) is 6.42 Å². The minimum atomic E-state index is 0.109. The van der Waals surface area contributed by atoms with E-state index < -0.39 is 0 Å². The highest BCUT2D eigenvalue weighted by atomic mass is 16.1. The van der Waals surface area contributed by atoms with Gasteiger partial charge in [-0.25, -0.2) is 0 Å². The third-order valence-electron chi connectivity index (χ3n) is 3.21. The Hall–Kier alpha value is -0.610. The molecule has 0 radical (unpaired) electrons. The molecule has 1 aliphatic rings. The van der Waals surface area contributed by atoms with Gasteiger partial charge in [-0.2, -0.15) is 0 Å². The number of nitrogens with one attached hydrogen (secondary N) is 1. The SMILES string of the molecule is CC(N)CCC(=O)NC(C)CN1CCCCC1. The van der Waals surface area contributed by atoms with Crippen molar-refractivity contribution in [2.45, 2.75) is 58.0 Å². The molecule has 2 atom stereocenters. The van der Waals surface area contributed by atoms with E-state index >= 15 is 0 Å². The van der Waals surface area contributed by atoms with Crippen molar-refractivity contribution >= 4 is 5.91 Å². The minimum Gasteiger partial charge on any atom is -0.352 e. The standard InChI is InChI=1S/C13H27N3O/c1-11(14)6-7-13(17)15-12(2)10-16-8-4-3-5-9-16/h11-12H,3-10,14H2,1-2H3,(H,15,17). The molecule has 0 spiro atoms. The Bertz CT molecular complexity index is 225. The van der Waals surface area contributed by atoms with E-state index in [1.165, 1.54) is 32.4 Å². The zero-order valence-electron chi connectivity index (χ0n) is 11.2. The average molecular weight is 241 g/mol. The quantitative estimate of drug-likeness (QED) is 0.732. The Balaban J connectivity index is 2.14. The van der Waals surface area contributed by atoms with Crippen molar-refractivity contribution in [1.82, 2.24) is 10.2 Å². The number of rotatable bonds is 6. The molecular weight excluding hydrogens is 214 g/mol. The van der Waals surface area contributed by atoms with Crippen LogP contribution in [0.3, 0.4) is 0 Å². The zero-order valence-corrected chi connectivity index (χ0v) is 11.2. The number of amides is 1. The van der Waals surface area contributed by atoms with Crippen molar-refractivity contribution in [2.24, 2.45) is 5.73 Å². The Morgan fingerprint density at radius 3 is 2.53 bits per heavy atom. The average Bonchev–Trinajstić information content (AvgIpc) is 2.27. The van der Waals surface area contributed by atoms with Crippen molar-refractivity contribution < 1.29 is 4.79 Å². The fraction of sp³-hybridized carbons (Fsp3) is 0.923. The highest BCUT2D eigenvalue weighted by Gasteiger charge is 2.14. The van der Waals surface area contributed by atoms with Crippen molar-refractivity contribution in [3.63, 3.8) is 0 Å². The van der Waals surface area contributed by atoms with Gasteiger partial charge in [-0.1, -0.05) is 6.42 Å². The number of hydrogen-bond acceptors (Lipinski definition) is 3. The second-order valence-corrected chi connectivity index (χ2v) is 5.35. The van der Waals surface area contributed by atoms with E-state index in [0.717, 1.165) is 13.0 Å². The Kier molecular flexibility index (Phi) is 6.52. The van der Waals surface area contributed by atoms with Crippen molar-refractivity contribution in [2.75, 3.05) is 19.6 Å². The summed E-state index contributed by atoms with van der Waals surface area (Å²) in [7, 11) is 0. The minimum absolute atomic E-state index is 0.109. The molecule has 1 amide bonds. The lowest BCUT2D eigenvalue weighted by molar-refractivity contribution is -0.122. The summed E-state index contributed by atoms with van der Waals surface area (Å²) in [5.41, 5.74) is 5.63. The Morgan fingerprint density at radius 1 is 1.29 bits per heavy atom. The lowest BCUT2D eigenvalue weighted by Crippen LogP contribution is -2.43. The molecule has 4 nitrogen and oxygen atoms in total. The molecule has 1 heterocycles. The first-order valence-electron chi connectivity index (χ1n) is 6.85. The molecule has 0 saturated carbocycles. The van der Waals surface area contributed by atoms with Gasteiger partial charge >= 0.3 is 0 Å². The van der Waals surface area contributed by atoms with Crippen LogP contribution in [0.2, 0.25) is 0 Å². The van der Waals surface area contributed by atoms with Crippen LogP contribution in [0.4, 0.5) is 0 Å². The lowest BCUT2D eigenvalue weighted by Gasteiger charge is -2.29. The van der Waals surface area contributed by atoms with Crippen LogP contribution >= 0.6 is 0 Å².